The topological polar surface area (TPSA) is 61.8 Å². The minimum absolute atomic E-state index is 0.312. The number of nitrogens with zero attached hydrogens (tertiary/aromatic N) is 1. The van der Waals surface area contributed by atoms with Crippen LogP contribution in [-0.4, -0.2) is 60.9 Å². The highest BCUT2D eigenvalue weighted by Crippen LogP contribution is 2.19. The predicted octanol–water partition coefficient (Wildman–Crippen LogP) is 1.33. The number of carboxylic acids is 1. The molecule has 0 spiro atoms. The summed E-state index contributed by atoms with van der Waals surface area (Å²) in [4.78, 5) is 13.5. The third-order valence-electron chi connectivity index (χ3n) is 4.36. The maximum absolute atomic E-state index is 11.1. The van der Waals surface area contributed by atoms with E-state index in [0.717, 1.165) is 32.4 Å². The van der Waals surface area contributed by atoms with Crippen LogP contribution in [0.15, 0.2) is 0 Å². The number of carbonyl (C=O) groups is 1. The number of nitrogens with one attached hydrogen (secondary N) is 1. The lowest BCUT2D eigenvalue weighted by molar-refractivity contribution is -0.144. The minimum Gasteiger partial charge on any atom is -0.480 e. The lowest BCUT2D eigenvalue weighted by atomic mass is 9.95. The minimum atomic E-state index is -0.803. The molecule has 0 bridgehead atoms. The average Bonchev–Trinajstić information content (AvgIpc) is 2.80. The number of unbranched alkanes of at least 4 members (excludes halogenated alkanes) is 1. The monoisotopic (exact) mass is 272 g/mol. The lowest BCUT2D eigenvalue weighted by Gasteiger charge is -2.28. The fraction of sp³-hybridized carbons (Fsp3) is 0.929. The van der Waals surface area contributed by atoms with Crippen LogP contribution < -0.4 is 5.32 Å². The molecule has 0 aliphatic carbocycles. The number of carboxylic acid groups (broad SMARTS) is 1. The zero-order chi connectivity index (χ0) is 14.5. The summed E-state index contributed by atoms with van der Waals surface area (Å²) in [6.07, 6.45) is 4.00. The molecule has 0 saturated carbocycles. The van der Waals surface area contributed by atoms with E-state index in [0.29, 0.717) is 18.6 Å². The van der Waals surface area contributed by atoms with E-state index in [9.17, 15) is 4.79 Å². The Morgan fingerprint density at radius 2 is 2.21 bits per heavy atom. The Hall–Kier alpha value is -0.650. The second-order valence-electron chi connectivity index (χ2n) is 5.76. The van der Waals surface area contributed by atoms with E-state index in [1.165, 1.54) is 0 Å². The van der Waals surface area contributed by atoms with Crippen molar-refractivity contribution in [2.45, 2.75) is 57.2 Å². The maximum Gasteiger partial charge on any atom is 0.323 e. The normalized spacial score (nSPS) is 26.6. The van der Waals surface area contributed by atoms with Gasteiger partial charge in [-0.2, -0.15) is 0 Å². The number of aliphatic carboxylic acids is 1. The number of hydrogen-bond donors (Lipinski definition) is 2. The standard InChI is InChI=1S/C14H28N2O3/c1-11-12(7-10-19-11)16(4)9-6-5-8-14(2,15-3)13(17)18/h11-12,15H,5-10H2,1-4H3,(H,17,18). The molecule has 5 heteroatoms. The van der Waals surface area contributed by atoms with E-state index >= 15 is 0 Å². The molecule has 1 heterocycles. The maximum atomic E-state index is 11.1. The molecule has 3 unspecified atom stereocenters. The van der Waals surface area contributed by atoms with Crippen molar-refractivity contribution in [3.05, 3.63) is 0 Å². The second-order valence-corrected chi connectivity index (χ2v) is 5.76. The van der Waals surface area contributed by atoms with E-state index in [1.807, 2.05) is 0 Å². The van der Waals surface area contributed by atoms with Gasteiger partial charge in [-0.05, 0) is 60.2 Å². The SMILES string of the molecule is CNC(C)(CCCCN(C)C1CCOC1C)C(=O)O. The third-order valence-corrected chi connectivity index (χ3v) is 4.36. The summed E-state index contributed by atoms with van der Waals surface area (Å²) < 4.78 is 5.57. The molecule has 1 aliphatic heterocycles. The molecule has 19 heavy (non-hydrogen) atoms. The zero-order valence-electron chi connectivity index (χ0n) is 12.6. The Morgan fingerprint density at radius 3 is 2.68 bits per heavy atom. The van der Waals surface area contributed by atoms with Crippen LogP contribution in [0.2, 0.25) is 0 Å². The molecule has 1 aliphatic rings. The third kappa shape index (κ3) is 4.44. The van der Waals surface area contributed by atoms with Crippen LogP contribution in [0.4, 0.5) is 0 Å². The highest BCUT2D eigenvalue weighted by atomic mass is 16.5. The van der Waals surface area contributed by atoms with E-state index in [2.05, 4.69) is 24.2 Å². The molecule has 0 radical (unpaired) electrons. The van der Waals surface area contributed by atoms with Gasteiger partial charge in [0.25, 0.3) is 0 Å². The average molecular weight is 272 g/mol. The van der Waals surface area contributed by atoms with Crippen molar-refractivity contribution in [2.75, 3.05) is 27.2 Å². The molecule has 0 aromatic rings. The molecule has 112 valence electrons. The zero-order valence-corrected chi connectivity index (χ0v) is 12.6. The molecular formula is C14H28N2O3. The van der Waals surface area contributed by atoms with Crippen LogP contribution in [0, 0.1) is 0 Å². The Balaban J connectivity index is 2.25. The summed E-state index contributed by atoms with van der Waals surface area (Å²) in [7, 11) is 3.84. The Kier molecular flexibility index (Phi) is 6.23. The number of rotatable bonds is 8. The second kappa shape index (κ2) is 7.22. The van der Waals surface area contributed by atoms with E-state index < -0.39 is 11.5 Å². The molecule has 5 nitrogen and oxygen atoms in total. The van der Waals surface area contributed by atoms with Crippen molar-refractivity contribution in [2.24, 2.45) is 0 Å². The van der Waals surface area contributed by atoms with E-state index in [4.69, 9.17) is 9.84 Å². The Bertz CT molecular complexity index is 298. The van der Waals surface area contributed by atoms with Gasteiger partial charge in [-0.1, -0.05) is 0 Å². The van der Waals surface area contributed by atoms with Gasteiger partial charge in [0.1, 0.15) is 5.54 Å². The number of likely N-dealkylation sites (N-methyl/N-ethyl adjacent to an activating group) is 2. The highest BCUT2D eigenvalue weighted by molar-refractivity contribution is 5.78. The predicted molar refractivity (Wildman–Crippen MR) is 75.4 cm³/mol. The van der Waals surface area contributed by atoms with Crippen molar-refractivity contribution < 1.29 is 14.6 Å². The summed E-state index contributed by atoms with van der Waals surface area (Å²) in [6.45, 7) is 5.72. The molecule has 0 amide bonds. The largest absolute Gasteiger partial charge is 0.480 e. The van der Waals surface area contributed by atoms with Crippen molar-refractivity contribution in [1.82, 2.24) is 10.2 Å². The van der Waals surface area contributed by atoms with Gasteiger partial charge in [0.15, 0.2) is 0 Å². The van der Waals surface area contributed by atoms with Gasteiger partial charge in [0, 0.05) is 12.6 Å². The molecule has 1 fully saturated rings. The smallest absolute Gasteiger partial charge is 0.323 e. The van der Waals surface area contributed by atoms with Crippen LogP contribution in [0.25, 0.3) is 0 Å². The van der Waals surface area contributed by atoms with Crippen molar-refractivity contribution >= 4 is 5.97 Å². The lowest BCUT2D eigenvalue weighted by Crippen LogP contribution is -2.47. The van der Waals surface area contributed by atoms with E-state index in [-0.39, 0.29) is 0 Å². The first-order valence-electron chi connectivity index (χ1n) is 7.15. The highest BCUT2D eigenvalue weighted by Gasteiger charge is 2.31. The molecular weight excluding hydrogens is 244 g/mol. The van der Waals surface area contributed by atoms with Crippen LogP contribution >= 0.6 is 0 Å². The van der Waals surface area contributed by atoms with Crippen molar-refractivity contribution in [1.29, 1.82) is 0 Å². The Labute approximate surface area is 116 Å². The van der Waals surface area contributed by atoms with Crippen molar-refractivity contribution in [3.63, 3.8) is 0 Å². The van der Waals surface area contributed by atoms with Crippen molar-refractivity contribution in [3.8, 4) is 0 Å². The summed E-state index contributed by atoms with van der Waals surface area (Å²) in [5.74, 6) is -0.777. The van der Waals surface area contributed by atoms with Crippen LogP contribution in [0.1, 0.15) is 39.5 Å². The quantitative estimate of drug-likeness (QED) is 0.653. The first-order valence-corrected chi connectivity index (χ1v) is 7.15. The van der Waals surface area contributed by atoms with Gasteiger partial charge in [-0.3, -0.25) is 4.79 Å². The fourth-order valence-electron chi connectivity index (χ4n) is 2.64. The number of ether oxygens (including phenoxy) is 1. The number of hydrogen-bond acceptors (Lipinski definition) is 4. The molecule has 0 aromatic heterocycles. The van der Waals surface area contributed by atoms with E-state index in [1.54, 1.807) is 14.0 Å². The summed E-state index contributed by atoms with van der Waals surface area (Å²) >= 11 is 0. The molecule has 3 atom stereocenters. The molecule has 0 aromatic carbocycles. The molecule has 1 rings (SSSR count). The van der Waals surface area contributed by atoms with Gasteiger partial charge in [0.2, 0.25) is 0 Å². The molecule has 2 N–H and O–H groups in total. The van der Waals surface area contributed by atoms with Gasteiger partial charge in [-0.25, -0.2) is 0 Å². The Morgan fingerprint density at radius 1 is 1.53 bits per heavy atom. The van der Waals surface area contributed by atoms with Gasteiger partial charge < -0.3 is 20.1 Å². The summed E-state index contributed by atoms with van der Waals surface area (Å²) in [6, 6.07) is 0.509. The fourth-order valence-corrected chi connectivity index (χ4v) is 2.64. The molecule has 1 saturated heterocycles. The van der Waals surface area contributed by atoms with Crippen LogP contribution in [-0.2, 0) is 9.53 Å². The summed E-state index contributed by atoms with van der Waals surface area (Å²) in [5, 5.41) is 12.1. The van der Waals surface area contributed by atoms with Gasteiger partial charge >= 0.3 is 5.97 Å². The van der Waals surface area contributed by atoms with Gasteiger partial charge in [0.05, 0.1) is 6.10 Å². The van der Waals surface area contributed by atoms with Gasteiger partial charge in [-0.15, -0.1) is 0 Å². The first-order chi connectivity index (χ1) is 8.90. The van der Waals surface area contributed by atoms with Crippen LogP contribution in [0.5, 0.6) is 0 Å². The van der Waals surface area contributed by atoms with Crippen LogP contribution in [0.3, 0.4) is 0 Å². The first kappa shape index (κ1) is 16.4. The summed E-state index contributed by atoms with van der Waals surface area (Å²) in [5.41, 5.74) is -0.803.